The van der Waals surface area contributed by atoms with E-state index in [0.29, 0.717) is 0 Å². The van der Waals surface area contributed by atoms with Gasteiger partial charge in [0.05, 0.1) is 0 Å². The fraction of sp³-hybridized carbons (Fsp3) is 1.00. The van der Waals surface area contributed by atoms with Crippen LogP contribution >= 0.6 is 8.38 Å². The van der Waals surface area contributed by atoms with Crippen molar-refractivity contribution in [2.45, 2.75) is 0 Å². The molecule has 0 radical (unpaired) electrons. The number of hydrogen-bond acceptors (Lipinski definition) is 2. The van der Waals surface area contributed by atoms with Crippen LogP contribution in [0, 0.1) is 0 Å². The second kappa shape index (κ2) is 2.58. The van der Waals surface area contributed by atoms with Crippen molar-refractivity contribution in [2.75, 3.05) is 13.8 Å². The van der Waals surface area contributed by atoms with E-state index in [0.717, 1.165) is 0 Å². The zero-order chi connectivity index (χ0) is 4.28. The summed E-state index contributed by atoms with van der Waals surface area (Å²) in [6.45, 7) is 1.62. The monoisotopic (exact) mass is 94.0 g/mol. The minimum Gasteiger partial charge on any atom is -0.350 e. The van der Waals surface area contributed by atoms with Gasteiger partial charge in [-0.15, -0.1) is 0 Å². The van der Waals surface area contributed by atoms with Crippen LogP contribution in [0.3, 0.4) is 0 Å². The Balaban J connectivity index is 2.54. The quantitative estimate of drug-likeness (QED) is 0.481. The lowest BCUT2D eigenvalue weighted by Gasteiger charge is -1.92. The second-order valence-corrected chi connectivity index (χ2v) is 1.94. The average molecular weight is 94.0 g/mol. The highest BCUT2D eigenvalue weighted by Crippen LogP contribution is 2.21. The highest BCUT2D eigenvalue weighted by Gasteiger charge is 1.81. The van der Waals surface area contributed by atoms with Gasteiger partial charge in [0.2, 0.25) is 0 Å². The molecular formula is C2H7O2P. The summed E-state index contributed by atoms with van der Waals surface area (Å²) in [7, 11) is 0.380. The molecule has 0 aliphatic carbocycles. The van der Waals surface area contributed by atoms with Crippen molar-refractivity contribution in [1.82, 2.24) is 0 Å². The van der Waals surface area contributed by atoms with Crippen molar-refractivity contribution in [3.05, 3.63) is 0 Å². The van der Waals surface area contributed by atoms with Crippen molar-refractivity contribution in [3.8, 4) is 0 Å². The highest BCUT2D eigenvalue weighted by atomic mass is 31.2. The molecule has 0 saturated carbocycles. The molecule has 0 spiro atoms. The predicted octanol–water partition coefficient (Wildman–Crippen LogP) is 0.567. The Morgan fingerprint density at radius 2 is 2.00 bits per heavy atom. The van der Waals surface area contributed by atoms with Crippen LogP contribution in [0.2, 0.25) is 0 Å². The van der Waals surface area contributed by atoms with Crippen LogP contribution < -0.4 is 0 Å². The normalized spacial score (nSPS) is 15.0. The van der Waals surface area contributed by atoms with Gasteiger partial charge in [-0.3, -0.25) is 0 Å². The number of hydrogen-bond donors (Lipinski definition) is 1. The smallest absolute Gasteiger partial charge is 0.164 e. The van der Waals surface area contributed by atoms with Gasteiger partial charge in [0.1, 0.15) is 0 Å². The van der Waals surface area contributed by atoms with E-state index in [1.807, 2.05) is 0 Å². The third-order valence-corrected chi connectivity index (χ3v) is 0.793. The van der Waals surface area contributed by atoms with E-state index < -0.39 is 8.38 Å². The summed E-state index contributed by atoms with van der Waals surface area (Å²) in [5, 5.41) is 0. The summed E-state index contributed by atoms with van der Waals surface area (Å²) >= 11 is 0. The van der Waals surface area contributed by atoms with E-state index in [1.54, 1.807) is 6.66 Å². The molecule has 2 nitrogen and oxygen atoms in total. The zero-order valence-corrected chi connectivity index (χ0v) is 4.20. The summed E-state index contributed by atoms with van der Waals surface area (Å²) in [6.07, 6.45) is 0. The van der Waals surface area contributed by atoms with Gasteiger partial charge in [-0.05, 0) is 0 Å². The average Bonchev–Trinajstić information content (AvgIpc) is 1.38. The molecule has 5 heavy (non-hydrogen) atoms. The third kappa shape index (κ3) is 4.35. The topological polar surface area (TPSA) is 29.5 Å². The molecule has 1 atom stereocenters. The van der Waals surface area contributed by atoms with Crippen molar-refractivity contribution in [2.24, 2.45) is 0 Å². The molecule has 3 heteroatoms. The summed E-state index contributed by atoms with van der Waals surface area (Å²) in [5.74, 6) is 0. The molecule has 1 unspecified atom stereocenters. The Morgan fingerprint density at radius 3 is 2.00 bits per heavy atom. The van der Waals surface area contributed by atoms with Crippen LogP contribution in [-0.4, -0.2) is 18.7 Å². The first-order chi connectivity index (χ1) is 2.27. The van der Waals surface area contributed by atoms with Gasteiger partial charge < -0.3 is 9.42 Å². The van der Waals surface area contributed by atoms with Crippen LogP contribution in [0.25, 0.3) is 0 Å². The van der Waals surface area contributed by atoms with Crippen LogP contribution in [-0.2, 0) is 4.52 Å². The standard InChI is InChI=1S/C2H7O2P/c1-4-5(2)3/h3H,1-2H3. The lowest BCUT2D eigenvalue weighted by atomic mass is 11.8. The summed E-state index contributed by atoms with van der Waals surface area (Å²) in [4.78, 5) is 8.20. The van der Waals surface area contributed by atoms with E-state index >= 15 is 0 Å². The SMILES string of the molecule is COP(C)O. The first-order valence-electron chi connectivity index (χ1n) is 1.24. The van der Waals surface area contributed by atoms with Crippen molar-refractivity contribution in [1.29, 1.82) is 0 Å². The summed E-state index contributed by atoms with van der Waals surface area (Å²) in [6, 6.07) is 0. The molecule has 0 aliphatic heterocycles. The van der Waals surface area contributed by atoms with Crippen LogP contribution in [0.4, 0.5) is 0 Å². The molecular weight excluding hydrogens is 87.0 g/mol. The van der Waals surface area contributed by atoms with Gasteiger partial charge in [0.25, 0.3) is 0 Å². The van der Waals surface area contributed by atoms with Crippen molar-refractivity contribution >= 4 is 8.38 Å². The third-order valence-electron chi connectivity index (χ3n) is 0.264. The summed E-state index contributed by atoms with van der Waals surface area (Å²) in [5.41, 5.74) is 0. The largest absolute Gasteiger partial charge is 0.350 e. The first-order valence-corrected chi connectivity index (χ1v) is 2.90. The Morgan fingerprint density at radius 1 is 1.80 bits per heavy atom. The first kappa shape index (κ1) is 5.35. The van der Waals surface area contributed by atoms with Crippen LogP contribution in [0.5, 0.6) is 0 Å². The lowest BCUT2D eigenvalue weighted by Crippen LogP contribution is -1.66. The Kier molecular flexibility index (Phi) is 2.76. The minimum atomic E-state index is -1.10. The molecule has 0 aromatic rings. The zero-order valence-electron chi connectivity index (χ0n) is 3.30. The molecule has 0 aromatic heterocycles. The number of rotatable bonds is 1. The van der Waals surface area contributed by atoms with E-state index in [1.165, 1.54) is 7.11 Å². The molecule has 0 bridgehead atoms. The van der Waals surface area contributed by atoms with Crippen LogP contribution in [0.15, 0.2) is 0 Å². The highest BCUT2D eigenvalue weighted by molar-refractivity contribution is 7.45. The fourth-order valence-electron chi connectivity index (χ4n) is 0. The minimum absolute atomic E-state index is 1.10. The molecule has 0 saturated heterocycles. The van der Waals surface area contributed by atoms with Crippen molar-refractivity contribution in [3.63, 3.8) is 0 Å². The van der Waals surface area contributed by atoms with Crippen LogP contribution in [0.1, 0.15) is 0 Å². The Labute approximate surface area is 32.7 Å². The molecule has 0 rings (SSSR count). The van der Waals surface area contributed by atoms with E-state index in [2.05, 4.69) is 4.52 Å². The second-order valence-electron chi connectivity index (χ2n) is 0.647. The van der Waals surface area contributed by atoms with Gasteiger partial charge >= 0.3 is 0 Å². The van der Waals surface area contributed by atoms with Crippen molar-refractivity contribution < 1.29 is 9.42 Å². The maximum Gasteiger partial charge on any atom is 0.164 e. The Bertz CT molecular complexity index is 21.6. The Hall–Kier alpha value is 0.350. The molecule has 0 aliphatic rings. The summed E-state index contributed by atoms with van der Waals surface area (Å²) < 4.78 is 4.37. The maximum absolute atomic E-state index is 8.20. The molecule has 0 heterocycles. The molecule has 0 aromatic carbocycles. The van der Waals surface area contributed by atoms with Gasteiger partial charge in [0, 0.05) is 13.8 Å². The van der Waals surface area contributed by atoms with Gasteiger partial charge in [-0.1, -0.05) is 0 Å². The van der Waals surface area contributed by atoms with Gasteiger partial charge in [-0.2, -0.15) is 0 Å². The maximum atomic E-state index is 8.20. The lowest BCUT2D eigenvalue weighted by molar-refractivity contribution is 0.396. The molecule has 32 valence electrons. The molecule has 0 fully saturated rings. The molecule has 0 amide bonds. The predicted molar refractivity (Wildman–Crippen MR) is 22.1 cm³/mol. The van der Waals surface area contributed by atoms with E-state index in [9.17, 15) is 0 Å². The van der Waals surface area contributed by atoms with Gasteiger partial charge in [-0.25, -0.2) is 0 Å². The van der Waals surface area contributed by atoms with Gasteiger partial charge in [0.15, 0.2) is 8.38 Å². The molecule has 1 N–H and O–H groups in total. The fourth-order valence-corrected chi connectivity index (χ4v) is 0. The van der Waals surface area contributed by atoms with E-state index in [4.69, 9.17) is 4.89 Å². The van der Waals surface area contributed by atoms with E-state index in [-0.39, 0.29) is 0 Å².